The highest BCUT2D eigenvalue weighted by Crippen LogP contribution is 2.37. The Morgan fingerprint density at radius 3 is 3.00 bits per heavy atom. The molecule has 0 aromatic rings. The van der Waals surface area contributed by atoms with E-state index in [4.69, 9.17) is 9.94 Å². The third kappa shape index (κ3) is 1.63. The number of ether oxygens (including phenoxy) is 1. The number of nitrogens with one attached hydrogen (secondary N) is 1. The molecule has 0 amide bonds. The molecule has 0 bridgehead atoms. The van der Waals surface area contributed by atoms with Crippen molar-refractivity contribution in [3.8, 4) is 0 Å². The predicted molar refractivity (Wildman–Crippen MR) is 48.8 cm³/mol. The average Bonchev–Trinajstić information content (AvgIpc) is 2.49. The van der Waals surface area contributed by atoms with E-state index in [0.29, 0.717) is 19.7 Å². The number of carbonyl (C=O) groups is 1. The summed E-state index contributed by atoms with van der Waals surface area (Å²) in [5.41, 5.74) is 0.103. The lowest BCUT2D eigenvalue weighted by Crippen LogP contribution is -2.55. The van der Waals surface area contributed by atoms with Crippen LogP contribution in [0.25, 0.3) is 0 Å². The molecule has 0 aromatic heterocycles. The van der Waals surface area contributed by atoms with Gasteiger partial charge in [0, 0.05) is 25.0 Å². The van der Waals surface area contributed by atoms with Gasteiger partial charge in [0.15, 0.2) is 0 Å². The Labute approximate surface area is 83.0 Å². The van der Waals surface area contributed by atoms with Gasteiger partial charge in [0.05, 0.1) is 6.61 Å². The van der Waals surface area contributed by atoms with Crippen LogP contribution in [-0.2, 0) is 9.53 Å². The summed E-state index contributed by atoms with van der Waals surface area (Å²) in [7, 11) is 0. The Balaban J connectivity index is 1.86. The van der Waals surface area contributed by atoms with Gasteiger partial charge < -0.3 is 15.3 Å². The smallest absolute Gasteiger partial charge is 0.323 e. The topological polar surface area (TPSA) is 61.8 Å². The minimum absolute atomic E-state index is 0.103. The Hall–Kier alpha value is -0.650. The van der Waals surface area contributed by atoms with E-state index in [1.165, 1.54) is 5.06 Å². The normalized spacial score (nSPS) is 30.3. The van der Waals surface area contributed by atoms with Gasteiger partial charge in [-0.15, -0.1) is 0 Å². The van der Waals surface area contributed by atoms with E-state index >= 15 is 0 Å². The third-order valence-corrected chi connectivity index (χ3v) is 2.97. The van der Waals surface area contributed by atoms with E-state index in [1.54, 1.807) is 6.92 Å². The molecule has 2 rings (SSSR count). The molecule has 1 unspecified atom stereocenters. The van der Waals surface area contributed by atoms with Gasteiger partial charge in [0.25, 0.3) is 0 Å². The van der Waals surface area contributed by atoms with Crippen LogP contribution in [0.5, 0.6) is 0 Å². The van der Waals surface area contributed by atoms with Crippen LogP contribution in [0.15, 0.2) is 0 Å². The molecule has 2 saturated heterocycles. The standard InChI is InChI=1S/C9H16N2O3/c1-2-14-8(12)7-3-9(4-10-7)5-11(13)6-9/h7,10,13H,2-6H2,1H3. The Bertz CT molecular complexity index is 238. The SMILES string of the molecule is CCOC(=O)C1CC2(CN1)CN(O)C2. The summed E-state index contributed by atoms with van der Waals surface area (Å²) in [5.74, 6) is -0.166. The van der Waals surface area contributed by atoms with E-state index in [1.807, 2.05) is 0 Å². The summed E-state index contributed by atoms with van der Waals surface area (Å²) >= 11 is 0. The summed E-state index contributed by atoms with van der Waals surface area (Å²) < 4.78 is 4.94. The van der Waals surface area contributed by atoms with Crippen molar-refractivity contribution in [2.45, 2.75) is 19.4 Å². The van der Waals surface area contributed by atoms with E-state index in [2.05, 4.69) is 5.32 Å². The van der Waals surface area contributed by atoms with Crippen LogP contribution in [0, 0.1) is 5.41 Å². The Kier molecular flexibility index (Phi) is 2.47. The number of rotatable bonds is 2. The van der Waals surface area contributed by atoms with Gasteiger partial charge in [-0.25, -0.2) is 0 Å². The van der Waals surface area contributed by atoms with Crippen LogP contribution in [0.2, 0.25) is 0 Å². The van der Waals surface area contributed by atoms with Gasteiger partial charge in [0.2, 0.25) is 0 Å². The molecule has 2 aliphatic rings. The molecule has 2 heterocycles. The first-order valence-electron chi connectivity index (χ1n) is 4.99. The van der Waals surface area contributed by atoms with Gasteiger partial charge in [-0.05, 0) is 13.3 Å². The molecular formula is C9H16N2O3. The summed E-state index contributed by atoms with van der Waals surface area (Å²) in [5, 5.41) is 13.5. The maximum atomic E-state index is 11.4. The average molecular weight is 200 g/mol. The lowest BCUT2D eigenvalue weighted by Gasteiger charge is -2.43. The molecule has 2 fully saturated rings. The minimum atomic E-state index is -0.177. The number of hydrogen-bond donors (Lipinski definition) is 2. The maximum absolute atomic E-state index is 11.4. The fourth-order valence-electron chi connectivity index (χ4n) is 2.30. The summed E-state index contributed by atoms with van der Waals surface area (Å²) in [6.07, 6.45) is 0.781. The molecule has 5 heteroatoms. The van der Waals surface area contributed by atoms with Crippen LogP contribution in [0.1, 0.15) is 13.3 Å². The molecular weight excluding hydrogens is 184 g/mol. The fourth-order valence-corrected chi connectivity index (χ4v) is 2.30. The molecule has 2 N–H and O–H groups in total. The van der Waals surface area contributed by atoms with Crippen LogP contribution < -0.4 is 5.32 Å². The van der Waals surface area contributed by atoms with Gasteiger partial charge in [0.1, 0.15) is 6.04 Å². The van der Waals surface area contributed by atoms with Crippen molar-refractivity contribution in [2.75, 3.05) is 26.2 Å². The van der Waals surface area contributed by atoms with E-state index < -0.39 is 0 Å². The van der Waals surface area contributed by atoms with Crippen molar-refractivity contribution in [2.24, 2.45) is 5.41 Å². The molecule has 1 atom stereocenters. The first-order chi connectivity index (χ1) is 6.65. The Morgan fingerprint density at radius 1 is 1.71 bits per heavy atom. The van der Waals surface area contributed by atoms with E-state index in [0.717, 1.165) is 13.0 Å². The minimum Gasteiger partial charge on any atom is -0.465 e. The lowest BCUT2D eigenvalue weighted by atomic mass is 9.79. The number of nitrogens with zero attached hydrogens (tertiary/aromatic N) is 1. The quantitative estimate of drug-likeness (QED) is 0.594. The zero-order valence-corrected chi connectivity index (χ0v) is 8.32. The zero-order valence-electron chi connectivity index (χ0n) is 8.32. The molecule has 1 spiro atoms. The third-order valence-electron chi connectivity index (χ3n) is 2.97. The summed E-state index contributed by atoms with van der Waals surface area (Å²) in [4.78, 5) is 11.4. The predicted octanol–water partition coefficient (Wildman–Crippen LogP) is -0.397. The van der Waals surface area contributed by atoms with E-state index in [-0.39, 0.29) is 17.4 Å². The van der Waals surface area contributed by atoms with Crippen LogP contribution in [0.4, 0.5) is 0 Å². The monoisotopic (exact) mass is 200 g/mol. The van der Waals surface area contributed by atoms with Crippen molar-refractivity contribution in [1.29, 1.82) is 0 Å². The van der Waals surface area contributed by atoms with Gasteiger partial charge in [-0.2, -0.15) is 5.06 Å². The molecule has 2 aliphatic heterocycles. The number of esters is 1. The molecule has 0 aliphatic carbocycles. The second-order valence-electron chi connectivity index (χ2n) is 4.21. The van der Waals surface area contributed by atoms with Crippen LogP contribution >= 0.6 is 0 Å². The maximum Gasteiger partial charge on any atom is 0.323 e. The molecule has 5 nitrogen and oxygen atoms in total. The highest BCUT2D eigenvalue weighted by Gasteiger charge is 2.49. The lowest BCUT2D eigenvalue weighted by molar-refractivity contribution is -0.202. The molecule has 14 heavy (non-hydrogen) atoms. The summed E-state index contributed by atoms with van der Waals surface area (Å²) in [6, 6.07) is -0.177. The van der Waals surface area contributed by atoms with Crippen LogP contribution in [0.3, 0.4) is 0 Å². The van der Waals surface area contributed by atoms with Crippen molar-refractivity contribution >= 4 is 5.97 Å². The first-order valence-corrected chi connectivity index (χ1v) is 4.99. The van der Waals surface area contributed by atoms with Gasteiger partial charge in [-0.1, -0.05) is 0 Å². The van der Waals surface area contributed by atoms with Crippen molar-refractivity contribution in [3.05, 3.63) is 0 Å². The van der Waals surface area contributed by atoms with Crippen LogP contribution in [-0.4, -0.2) is 48.5 Å². The largest absolute Gasteiger partial charge is 0.465 e. The zero-order chi connectivity index (χ0) is 10.2. The second kappa shape index (κ2) is 3.49. The van der Waals surface area contributed by atoms with Gasteiger partial charge in [-0.3, -0.25) is 4.79 Å². The molecule has 80 valence electrons. The van der Waals surface area contributed by atoms with Crippen molar-refractivity contribution < 1.29 is 14.7 Å². The molecule has 0 saturated carbocycles. The fraction of sp³-hybridized carbons (Fsp3) is 0.889. The highest BCUT2D eigenvalue weighted by molar-refractivity contribution is 5.76. The number of hydroxylamine groups is 2. The molecule has 0 radical (unpaired) electrons. The van der Waals surface area contributed by atoms with Crippen molar-refractivity contribution in [3.63, 3.8) is 0 Å². The highest BCUT2D eigenvalue weighted by atomic mass is 16.5. The summed E-state index contributed by atoms with van der Waals surface area (Å²) in [6.45, 7) is 4.36. The first kappa shape index (κ1) is 9.89. The second-order valence-corrected chi connectivity index (χ2v) is 4.21. The molecule has 0 aromatic carbocycles. The van der Waals surface area contributed by atoms with Gasteiger partial charge >= 0.3 is 5.97 Å². The Morgan fingerprint density at radius 2 is 2.43 bits per heavy atom. The number of carbonyl (C=O) groups excluding carboxylic acids is 1. The van der Waals surface area contributed by atoms with E-state index in [9.17, 15) is 4.79 Å². The van der Waals surface area contributed by atoms with Crippen molar-refractivity contribution in [1.82, 2.24) is 10.4 Å². The number of hydrogen-bond acceptors (Lipinski definition) is 5.